The van der Waals surface area contributed by atoms with Crippen LogP contribution in [-0.4, -0.2) is 5.78 Å². The van der Waals surface area contributed by atoms with Gasteiger partial charge in [-0.2, -0.15) is 0 Å². The normalized spacial score (nSPS) is 12.2. The summed E-state index contributed by atoms with van der Waals surface area (Å²) in [6.45, 7) is 0. The summed E-state index contributed by atoms with van der Waals surface area (Å²) in [4.78, 5) is 12.1. The Kier molecular flexibility index (Phi) is 3.75. The number of Topliss-reactive ketones (excluding diaryl/α,β-unsaturated/α-hetero) is 1. The van der Waals surface area contributed by atoms with Crippen LogP contribution in [0.1, 0.15) is 22.0 Å². The van der Waals surface area contributed by atoms with Crippen LogP contribution in [0.5, 0.6) is 0 Å². The Bertz CT molecular complexity index is 571. The molecule has 0 amide bonds. The number of hydrogen-bond acceptors (Lipinski definition) is 2. The van der Waals surface area contributed by atoms with Crippen LogP contribution in [0.3, 0.4) is 0 Å². The molecule has 0 saturated carbocycles. The highest BCUT2D eigenvalue weighted by molar-refractivity contribution is 6.34. The molecule has 18 heavy (non-hydrogen) atoms. The van der Waals surface area contributed by atoms with E-state index < -0.39 is 17.6 Å². The van der Waals surface area contributed by atoms with Crippen LogP contribution in [0.2, 0.25) is 5.02 Å². The fourth-order valence-electron chi connectivity index (χ4n) is 1.67. The Balaban J connectivity index is 2.34. The molecule has 0 spiro atoms. The summed E-state index contributed by atoms with van der Waals surface area (Å²) in [5.41, 5.74) is 6.63. The van der Waals surface area contributed by atoms with E-state index >= 15 is 0 Å². The van der Waals surface area contributed by atoms with Crippen LogP contribution in [-0.2, 0) is 0 Å². The first kappa shape index (κ1) is 12.7. The van der Waals surface area contributed by atoms with E-state index in [0.29, 0.717) is 5.56 Å². The zero-order valence-corrected chi connectivity index (χ0v) is 10.2. The molecule has 0 aliphatic carbocycles. The molecule has 0 radical (unpaired) electrons. The van der Waals surface area contributed by atoms with Crippen molar-refractivity contribution in [1.29, 1.82) is 0 Å². The Hall–Kier alpha value is -1.71. The third-order valence-corrected chi connectivity index (χ3v) is 2.96. The van der Waals surface area contributed by atoms with Crippen molar-refractivity contribution in [3.05, 3.63) is 70.5 Å². The second-order valence-electron chi connectivity index (χ2n) is 3.88. The quantitative estimate of drug-likeness (QED) is 0.863. The number of rotatable bonds is 3. The number of carbonyl (C=O) groups is 1. The molecule has 2 aromatic carbocycles. The van der Waals surface area contributed by atoms with E-state index in [2.05, 4.69) is 0 Å². The fraction of sp³-hybridized carbons (Fsp3) is 0.0714. The van der Waals surface area contributed by atoms with Crippen molar-refractivity contribution in [1.82, 2.24) is 0 Å². The first-order chi connectivity index (χ1) is 8.59. The van der Waals surface area contributed by atoms with E-state index in [1.807, 2.05) is 6.07 Å². The summed E-state index contributed by atoms with van der Waals surface area (Å²) < 4.78 is 13.1. The molecule has 2 rings (SSSR count). The SMILES string of the molecule is NC(C(=O)c1cc(F)ccc1Cl)c1ccccc1. The van der Waals surface area contributed by atoms with Crippen molar-refractivity contribution in [2.45, 2.75) is 6.04 Å². The number of carbonyl (C=O) groups excluding carboxylic acids is 1. The monoisotopic (exact) mass is 263 g/mol. The van der Waals surface area contributed by atoms with E-state index in [9.17, 15) is 9.18 Å². The van der Waals surface area contributed by atoms with Gasteiger partial charge in [0.1, 0.15) is 5.82 Å². The van der Waals surface area contributed by atoms with Crippen molar-refractivity contribution in [2.75, 3.05) is 0 Å². The van der Waals surface area contributed by atoms with Crippen molar-refractivity contribution in [2.24, 2.45) is 5.73 Å². The third-order valence-electron chi connectivity index (χ3n) is 2.64. The zero-order valence-electron chi connectivity index (χ0n) is 9.44. The Morgan fingerprint density at radius 2 is 1.83 bits per heavy atom. The zero-order chi connectivity index (χ0) is 13.1. The van der Waals surface area contributed by atoms with Crippen LogP contribution < -0.4 is 5.73 Å². The second kappa shape index (κ2) is 5.29. The van der Waals surface area contributed by atoms with Gasteiger partial charge in [0.25, 0.3) is 0 Å². The van der Waals surface area contributed by atoms with E-state index in [1.54, 1.807) is 24.3 Å². The highest BCUT2D eigenvalue weighted by Gasteiger charge is 2.20. The van der Waals surface area contributed by atoms with Gasteiger partial charge in [-0.25, -0.2) is 4.39 Å². The highest BCUT2D eigenvalue weighted by Crippen LogP contribution is 2.23. The molecule has 2 nitrogen and oxygen atoms in total. The molecular formula is C14H11ClFNO. The van der Waals surface area contributed by atoms with Crippen LogP contribution in [0.4, 0.5) is 4.39 Å². The summed E-state index contributed by atoms with van der Waals surface area (Å²) in [5, 5.41) is 0.202. The number of ketones is 1. The number of benzene rings is 2. The maximum absolute atomic E-state index is 13.1. The molecule has 0 bridgehead atoms. The predicted molar refractivity (Wildman–Crippen MR) is 69.1 cm³/mol. The van der Waals surface area contributed by atoms with Gasteiger partial charge < -0.3 is 5.73 Å². The van der Waals surface area contributed by atoms with E-state index in [1.165, 1.54) is 12.1 Å². The van der Waals surface area contributed by atoms with Crippen LogP contribution in [0.15, 0.2) is 48.5 Å². The van der Waals surface area contributed by atoms with E-state index in [0.717, 1.165) is 6.07 Å². The topological polar surface area (TPSA) is 43.1 Å². The van der Waals surface area contributed by atoms with Gasteiger partial charge in [0.2, 0.25) is 0 Å². The van der Waals surface area contributed by atoms with Crippen molar-refractivity contribution >= 4 is 17.4 Å². The molecule has 0 fully saturated rings. The van der Waals surface area contributed by atoms with Crippen LogP contribution >= 0.6 is 11.6 Å². The van der Waals surface area contributed by atoms with Gasteiger partial charge in [-0.3, -0.25) is 4.79 Å². The molecule has 0 aromatic heterocycles. The molecule has 0 aliphatic rings. The average Bonchev–Trinajstić information content (AvgIpc) is 2.41. The molecule has 4 heteroatoms. The Morgan fingerprint density at radius 3 is 2.50 bits per heavy atom. The maximum Gasteiger partial charge on any atom is 0.185 e. The minimum atomic E-state index is -0.842. The lowest BCUT2D eigenvalue weighted by atomic mass is 9.98. The van der Waals surface area contributed by atoms with Crippen molar-refractivity contribution in [3.63, 3.8) is 0 Å². The standard InChI is InChI=1S/C14H11ClFNO/c15-12-7-6-10(16)8-11(12)14(18)13(17)9-4-2-1-3-5-9/h1-8,13H,17H2. The van der Waals surface area contributed by atoms with Crippen molar-refractivity contribution in [3.8, 4) is 0 Å². The minimum absolute atomic E-state index is 0.105. The first-order valence-electron chi connectivity index (χ1n) is 5.39. The van der Waals surface area contributed by atoms with Crippen molar-refractivity contribution < 1.29 is 9.18 Å². The molecule has 2 aromatic rings. The van der Waals surface area contributed by atoms with Gasteiger partial charge in [-0.15, -0.1) is 0 Å². The molecule has 2 N–H and O–H groups in total. The lowest BCUT2D eigenvalue weighted by Gasteiger charge is -2.12. The van der Waals surface area contributed by atoms with Gasteiger partial charge in [0, 0.05) is 5.56 Å². The summed E-state index contributed by atoms with van der Waals surface area (Å²) in [6, 6.07) is 11.7. The Labute approximate surface area is 109 Å². The van der Waals surface area contributed by atoms with Crippen LogP contribution in [0, 0.1) is 5.82 Å². The molecule has 0 aliphatic heterocycles. The number of hydrogen-bond donors (Lipinski definition) is 1. The van der Waals surface area contributed by atoms with Gasteiger partial charge in [0.15, 0.2) is 5.78 Å². The van der Waals surface area contributed by atoms with E-state index in [-0.39, 0.29) is 10.6 Å². The summed E-state index contributed by atoms with van der Waals surface area (Å²) in [5.74, 6) is -0.909. The predicted octanol–water partition coefficient (Wildman–Crippen LogP) is 3.36. The molecule has 1 unspecified atom stereocenters. The lowest BCUT2D eigenvalue weighted by molar-refractivity contribution is 0.0961. The summed E-state index contributed by atoms with van der Waals surface area (Å²) >= 11 is 5.88. The largest absolute Gasteiger partial charge is 0.318 e. The van der Waals surface area contributed by atoms with Gasteiger partial charge in [-0.05, 0) is 23.8 Å². The Morgan fingerprint density at radius 1 is 1.17 bits per heavy atom. The van der Waals surface area contributed by atoms with Crippen LogP contribution in [0.25, 0.3) is 0 Å². The first-order valence-corrected chi connectivity index (χ1v) is 5.77. The fourth-order valence-corrected chi connectivity index (χ4v) is 1.88. The third kappa shape index (κ3) is 2.58. The molecule has 1 atom stereocenters. The maximum atomic E-state index is 13.1. The molecule has 0 heterocycles. The smallest absolute Gasteiger partial charge is 0.185 e. The van der Waals surface area contributed by atoms with Gasteiger partial charge in [-0.1, -0.05) is 41.9 Å². The molecular weight excluding hydrogens is 253 g/mol. The summed E-state index contributed by atoms with van der Waals surface area (Å²) in [7, 11) is 0. The van der Waals surface area contributed by atoms with E-state index in [4.69, 9.17) is 17.3 Å². The average molecular weight is 264 g/mol. The second-order valence-corrected chi connectivity index (χ2v) is 4.28. The molecule has 92 valence electrons. The molecule has 0 saturated heterocycles. The highest BCUT2D eigenvalue weighted by atomic mass is 35.5. The number of halogens is 2. The lowest BCUT2D eigenvalue weighted by Crippen LogP contribution is -2.21. The summed E-state index contributed by atoms with van der Waals surface area (Å²) in [6.07, 6.45) is 0. The van der Waals surface area contributed by atoms with Gasteiger partial charge in [0.05, 0.1) is 11.1 Å². The van der Waals surface area contributed by atoms with Gasteiger partial charge >= 0.3 is 0 Å². The minimum Gasteiger partial charge on any atom is -0.318 e. The number of nitrogens with two attached hydrogens (primary N) is 1.